The lowest BCUT2D eigenvalue weighted by atomic mass is 9.96. The summed E-state index contributed by atoms with van der Waals surface area (Å²) < 4.78 is 5.83. The predicted octanol–water partition coefficient (Wildman–Crippen LogP) is 7.45. The van der Waals surface area contributed by atoms with Gasteiger partial charge < -0.3 is 4.74 Å². The zero-order chi connectivity index (χ0) is 18.3. The lowest BCUT2D eigenvalue weighted by Crippen LogP contribution is -2.28. The maximum atomic E-state index is 12.2. The third kappa shape index (κ3) is 13.9. The van der Waals surface area contributed by atoms with Gasteiger partial charge in [0.1, 0.15) is 6.10 Å². The maximum absolute atomic E-state index is 12.2. The first-order chi connectivity index (χ1) is 11.4. The van der Waals surface area contributed by atoms with Crippen molar-refractivity contribution in [3.8, 4) is 0 Å². The Morgan fingerprint density at radius 2 is 1.08 bits per heavy atom. The van der Waals surface area contributed by atoms with Gasteiger partial charge in [0.2, 0.25) is 0 Å². The van der Waals surface area contributed by atoms with E-state index in [0.717, 1.165) is 12.8 Å². The summed E-state index contributed by atoms with van der Waals surface area (Å²) in [7, 11) is 0. The zero-order valence-corrected chi connectivity index (χ0v) is 17.3. The van der Waals surface area contributed by atoms with Crippen LogP contribution in [-0.2, 0) is 9.53 Å². The average Bonchev–Trinajstić information content (AvgIpc) is 2.52. The molecule has 0 bridgehead atoms. The van der Waals surface area contributed by atoms with Gasteiger partial charge in [-0.25, -0.2) is 0 Å². The molecular formula is C22H44O2. The van der Waals surface area contributed by atoms with Crippen molar-refractivity contribution in [3.05, 3.63) is 0 Å². The summed E-state index contributed by atoms with van der Waals surface area (Å²) in [6.07, 6.45) is 17.8. The molecule has 144 valence electrons. The summed E-state index contributed by atoms with van der Waals surface area (Å²) in [5.74, 6) is -0.0375. The van der Waals surface area contributed by atoms with Gasteiger partial charge in [-0.1, -0.05) is 78.1 Å². The van der Waals surface area contributed by atoms with E-state index in [9.17, 15) is 4.79 Å². The maximum Gasteiger partial charge on any atom is 0.311 e. The van der Waals surface area contributed by atoms with Crippen LogP contribution in [0.4, 0.5) is 0 Å². The van der Waals surface area contributed by atoms with Crippen LogP contribution in [0, 0.1) is 5.41 Å². The number of rotatable bonds is 15. The minimum absolute atomic E-state index is 0.0375. The first-order valence-corrected chi connectivity index (χ1v) is 10.6. The fraction of sp³-hybridized carbons (Fsp3) is 0.955. The molecule has 2 nitrogen and oxygen atoms in total. The highest BCUT2D eigenvalue weighted by Crippen LogP contribution is 2.22. The molecule has 0 fully saturated rings. The van der Waals surface area contributed by atoms with Crippen molar-refractivity contribution in [2.45, 2.75) is 131 Å². The smallest absolute Gasteiger partial charge is 0.311 e. The highest BCUT2D eigenvalue weighted by Gasteiger charge is 2.26. The second kappa shape index (κ2) is 14.8. The minimum Gasteiger partial charge on any atom is -0.462 e. The standard InChI is InChI=1S/C22H44O2/c1-6-8-10-12-14-16-18-20(24-21(23)22(3,4)5)19-17-15-13-11-9-7-2/h20H,6-19H2,1-5H3. The Balaban J connectivity index is 4.07. The summed E-state index contributed by atoms with van der Waals surface area (Å²) in [5.41, 5.74) is -0.388. The highest BCUT2D eigenvalue weighted by atomic mass is 16.5. The zero-order valence-electron chi connectivity index (χ0n) is 17.3. The summed E-state index contributed by atoms with van der Waals surface area (Å²) in [4.78, 5) is 12.2. The Bertz CT molecular complexity index is 275. The Hall–Kier alpha value is -0.530. The lowest BCUT2D eigenvalue weighted by Gasteiger charge is -2.23. The molecule has 0 aromatic heterocycles. The van der Waals surface area contributed by atoms with Crippen LogP contribution in [0.3, 0.4) is 0 Å². The van der Waals surface area contributed by atoms with Crippen molar-refractivity contribution < 1.29 is 9.53 Å². The molecule has 24 heavy (non-hydrogen) atoms. The summed E-state index contributed by atoms with van der Waals surface area (Å²) in [5, 5.41) is 0. The van der Waals surface area contributed by atoms with Gasteiger partial charge in [0.25, 0.3) is 0 Å². The number of hydrogen-bond acceptors (Lipinski definition) is 2. The van der Waals surface area contributed by atoms with Crippen molar-refractivity contribution >= 4 is 5.97 Å². The average molecular weight is 341 g/mol. The van der Waals surface area contributed by atoms with Crippen LogP contribution in [0.5, 0.6) is 0 Å². The molecule has 0 saturated heterocycles. The van der Waals surface area contributed by atoms with Gasteiger partial charge in [0, 0.05) is 0 Å². The monoisotopic (exact) mass is 340 g/mol. The van der Waals surface area contributed by atoms with Crippen LogP contribution >= 0.6 is 0 Å². The number of carbonyl (C=O) groups excluding carboxylic acids is 1. The van der Waals surface area contributed by atoms with Crippen molar-refractivity contribution in [3.63, 3.8) is 0 Å². The second-order valence-corrected chi connectivity index (χ2v) is 8.39. The lowest BCUT2D eigenvalue weighted by molar-refractivity contribution is -0.159. The molecule has 0 saturated carbocycles. The van der Waals surface area contributed by atoms with Crippen LogP contribution in [0.1, 0.15) is 125 Å². The molecule has 0 amide bonds. The van der Waals surface area contributed by atoms with Gasteiger partial charge in [-0.15, -0.1) is 0 Å². The van der Waals surface area contributed by atoms with E-state index >= 15 is 0 Å². The number of esters is 1. The van der Waals surface area contributed by atoms with Crippen LogP contribution in [0.15, 0.2) is 0 Å². The molecule has 0 aliphatic heterocycles. The first-order valence-electron chi connectivity index (χ1n) is 10.6. The summed E-state index contributed by atoms with van der Waals surface area (Å²) >= 11 is 0. The van der Waals surface area contributed by atoms with E-state index in [1.807, 2.05) is 20.8 Å². The van der Waals surface area contributed by atoms with Crippen molar-refractivity contribution in [2.75, 3.05) is 0 Å². The molecule has 0 aliphatic rings. The van der Waals surface area contributed by atoms with Gasteiger partial charge >= 0.3 is 5.97 Å². The predicted molar refractivity (Wildman–Crippen MR) is 105 cm³/mol. The molecule has 0 rings (SSSR count). The van der Waals surface area contributed by atoms with E-state index < -0.39 is 0 Å². The van der Waals surface area contributed by atoms with E-state index in [-0.39, 0.29) is 17.5 Å². The van der Waals surface area contributed by atoms with E-state index in [2.05, 4.69) is 13.8 Å². The SMILES string of the molecule is CCCCCCCCC(CCCCCCCC)OC(=O)C(C)(C)C. The quantitative estimate of drug-likeness (QED) is 0.228. The second-order valence-electron chi connectivity index (χ2n) is 8.39. The summed E-state index contributed by atoms with van der Waals surface area (Å²) in [6, 6.07) is 0. The molecule has 0 N–H and O–H groups in total. The third-order valence-electron chi connectivity index (χ3n) is 4.65. The largest absolute Gasteiger partial charge is 0.462 e. The molecule has 0 aliphatic carbocycles. The molecular weight excluding hydrogens is 296 g/mol. The van der Waals surface area contributed by atoms with Crippen LogP contribution in [0.2, 0.25) is 0 Å². The fourth-order valence-corrected chi connectivity index (χ4v) is 2.90. The summed E-state index contributed by atoms with van der Waals surface area (Å²) in [6.45, 7) is 10.3. The van der Waals surface area contributed by atoms with E-state index in [1.165, 1.54) is 77.0 Å². The van der Waals surface area contributed by atoms with Crippen LogP contribution < -0.4 is 0 Å². The van der Waals surface area contributed by atoms with Crippen LogP contribution in [0.25, 0.3) is 0 Å². The van der Waals surface area contributed by atoms with E-state index in [1.54, 1.807) is 0 Å². The van der Waals surface area contributed by atoms with Gasteiger partial charge in [0.15, 0.2) is 0 Å². The minimum atomic E-state index is -0.388. The molecule has 0 aromatic carbocycles. The van der Waals surface area contributed by atoms with Crippen molar-refractivity contribution in [1.29, 1.82) is 0 Å². The fourth-order valence-electron chi connectivity index (χ4n) is 2.90. The molecule has 0 radical (unpaired) electrons. The molecule has 0 aromatic rings. The topological polar surface area (TPSA) is 26.3 Å². The Morgan fingerprint density at radius 1 is 0.708 bits per heavy atom. The van der Waals surface area contributed by atoms with Gasteiger partial charge in [-0.05, 0) is 46.5 Å². The van der Waals surface area contributed by atoms with Crippen LogP contribution in [-0.4, -0.2) is 12.1 Å². The third-order valence-corrected chi connectivity index (χ3v) is 4.65. The Kier molecular flexibility index (Phi) is 14.5. The Labute approximate surface area is 152 Å². The van der Waals surface area contributed by atoms with Gasteiger partial charge in [0.05, 0.1) is 5.41 Å². The van der Waals surface area contributed by atoms with E-state index in [4.69, 9.17) is 4.74 Å². The number of ether oxygens (including phenoxy) is 1. The van der Waals surface area contributed by atoms with Gasteiger partial charge in [-0.2, -0.15) is 0 Å². The normalized spacial score (nSPS) is 11.9. The highest BCUT2D eigenvalue weighted by molar-refractivity contribution is 5.75. The number of hydrogen-bond donors (Lipinski definition) is 0. The van der Waals surface area contributed by atoms with Crippen molar-refractivity contribution in [1.82, 2.24) is 0 Å². The molecule has 0 atom stereocenters. The van der Waals surface area contributed by atoms with E-state index in [0.29, 0.717) is 0 Å². The molecule has 2 heteroatoms. The van der Waals surface area contributed by atoms with Gasteiger partial charge in [-0.3, -0.25) is 4.79 Å². The van der Waals surface area contributed by atoms with Crippen molar-refractivity contribution in [2.24, 2.45) is 5.41 Å². The molecule has 0 spiro atoms. The molecule has 0 unspecified atom stereocenters. The Morgan fingerprint density at radius 3 is 1.46 bits per heavy atom. The number of unbranched alkanes of at least 4 members (excludes halogenated alkanes) is 10. The first kappa shape index (κ1) is 23.5. The number of carbonyl (C=O) groups is 1. The molecule has 0 heterocycles.